The zero-order valence-corrected chi connectivity index (χ0v) is 10.3. The van der Waals surface area contributed by atoms with E-state index in [1.165, 1.54) is 12.1 Å². The summed E-state index contributed by atoms with van der Waals surface area (Å²) >= 11 is 0. The minimum absolute atomic E-state index is 0.0455. The molecule has 1 unspecified atom stereocenters. The molecule has 0 aliphatic heterocycles. The van der Waals surface area contributed by atoms with Gasteiger partial charge in [0.05, 0.1) is 17.6 Å². The predicted octanol–water partition coefficient (Wildman–Crippen LogP) is 2.53. The van der Waals surface area contributed by atoms with Crippen LogP contribution in [-0.4, -0.2) is 15.6 Å². The summed E-state index contributed by atoms with van der Waals surface area (Å²) in [4.78, 5) is 3.90. The third kappa shape index (κ3) is 2.88. The first-order valence-electron chi connectivity index (χ1n) is 5.72. The van der Waals surface area contributed by atoms with E-state index in [0.29, 0.717) is 6.54 Å². The van der Waals surface area contributed by atoms with Crippen LogP contribution in [0.25, 0.3) is 0 Å². The van der Waals surface area contributed by atoms with Crippen molar-refractivity contribution in [1.29, 1.82) is 5.26 Å². The molecule has 1 atom stereocenters. The normalized spacial score (nSPS) is 11.9. The first kappa shape index (κ1) is 13.0. The molecule has 6 heteroatoms. The third-order valence-corrected chi connectivity index (χ3v) is 2.65. The summed E-state index contributed by atoms with van der Waals surface area (Å²) in [5.74, 6) is -2.15. The Labute approximate surface area is 109 Å². The van der Waals surface area contributed by atoms with Gasteiger partial charge in [-0.15, -0.1) is 0 Å². The average Bonchev–Trinajstić information content (AvgIpc) is 2.88. The van der Waals surface area contributed by atoms with Crippen LogP contribution >= 0.6 is 0 Å². The van der Waals surface area contributed by atoms with Gasteiger partial charge in [0.1, 0.15) is 6.07 Å². The molecule has 1 aromatic carbocycles. The fourth-order valence-corrected chi connectivity index (χ4v) is 1.77. The third-order valence-electron chi connectivity index (χ3n) is 2.65. The van der Waals surface area contributed by atoms with Crippen LogP contribution in [0.1, 0.15) is 12.5 Å². The Hall–Kier alpha value is -2.42. The van der Waals surface area contributed by atoms with Crippen molar-refractivity contribution < 1.29 is 8.78 Å². The van der Waals surface area contributed by atoms with Crippen LogP contribution in [0.5, 0.6) is 0 Å². The van der Waals surface area contributed by atoms with Gasteiger partial charge in [-0.3, -0.25) is 0 Å². The Morgan fingerprint density at radius 3 is 2.84 bits per heavy atom. The Bertz CT molecular complexity index is 602. The molecule has 0 fully saturated rings. The van der Waals surface area contributed by atoms with E-state index in [9.17, 15) is 8.78 Å². The number of rotatable bonds is 4. The van der Waals surface area contributed by atoms with Gasteiger partial charge in [0, 0.05) is 25.0 Å². The second-order valence-corrected chi connectivity index (χ2v) is 4.21. The number of halogens is 2. The van der Waals surface area contributed by atoms with E-state index in [0.717, 1.165) is 0 Å². The summed E-state index contributed by atoms with van der Waals surface area (Å²) in [6.45, 7) is 2.41. The molecule has 1 N–H and O–H groups in total. The van der Waals surface area contributed by atoms with E-state index in [2.05, 4.69) is 10.3 Å². The first-order chi connectivity index (χ1) is 9.11. The van der Waals surface area contributed by atoms with E-state index in [-0.39, 0.29) is 17.3 Å². The number of aromatic nitrogens is 2. The number of benzene rings is 1. The van der Waals surface area contributed by atoms with Crippen molar-refractivity contribution in [2.24, 2.45) is 0 Å². The average molecular weight is 262 g/mol. The lowest BCUT2D eigenvalue weighted by Gasteiger charge is -2.16. The zero-order valence-electron chi connectivity index (χ0n) is 10.3. The molecule has 4 nitrogen and oxygen atoms in total. The summed E-state index contributed by atoms with van der Waals surface area (Å²) in [7, 11) is 0. The molecule has 98 valence electrons. The van der Waals surface area contributed by atoms with Crippen molar-refractivity contribution in [2.75, 3.05) is 5.32 Å². The molecular weight excluding hydrogens is 250 g/mol. The van der Waals surface area contributed by atoms with Crippen LogP contribution in [-0.2, 0) is 6.54 Å². The number of nitrogens with one attached hydrogen (secondary N) is 1. The molecule has 1 aromatic heterocycles. The highest BCUT2D eigenvalue weighted by Crippen LogP contribution is 2.21. The van der Waals surface area contributed by atoms with E-state index >= 15 is 0 Å². The monoisotopic (exact) mass is 262 g/mol. The molecule has 0 saturated carbocycles. The molecular formula is C13H12F2N4. The number of nitrogens with zero attached hydrogens (tertiary/aromatic N) is 3. The molecule has 1 heterocycles. The highest BCUT2D eigenvalue weighted by molar-refractivity contribution is 5.50. The molecule has 0 saturated heterocycles. The number of hydrogen-bond acceptors (Lipinski definition) is 3. The van der Waals surface area contributed by atoms with Crippen LogP contribution in [0.4, 0.5) is 14.5 Å². The minimum Gasteiger partial charge on any atom is -0.378 e. The highest BCUT2D eigenvalue weighted by atomic mass is 19.2. The summed E-state index contributed by atoms with van der Waals surface area (Å²) in [5.41, 5.74) is -0.255. The van der Waals surface area contributed by atoms with Crippen molar-refractivity contribution >= 4 is 5.69 Å². The maximum absolute atomic E-state index is 13.7. The summed E-state index contributed by atoms with van der Waals surface area (Å²) in [6.07, 6.45) is 5.08. The second-order valence-electron chi connectivity index (χ2n) is 4.21. The fraction of sp³-hybridized carbons (Fsp3) is 0.231. The molecule has 0 amide bonds. The topological polar surface area (TPSA) is 53.6 Å². The van der Waals surface area contributed by atoms with Crippen LogP contribution in [0.2, 0.25) is 0 Å². The Kier molecular flexibility index (Phi) is 3.76. The Morgan fingerprint density at radius 2 is 2.21 bits per heavy atom. The van der Waals surface area contributed by atoms with Crippen molar-refractivity contribution in [3.63, 3.8) is 0 Å². The standard InChI is InChI=1S/C13H12F2N4/c1-9(7-19-5-4-17-8-19)18-11-3-2-10(6-16)12(14)13(11)15/h2-5,8-9,18H,7H2,1H3. The molecule has 0 aliphatic rings. The van der Waals surface area contributed by atoms with Gasteiger partial charge < -0.3 is 9.88 Å². The van der Waals surface area contributed by atoms with Gasteiger partial charge in [-0.2, -0.15) is 5.26 Å². The van der Waals surface area contributed by atoms with Crippen LogP contribution in [0.3, 0.4) is 0 Å². The molecule has 0 radical (unpaired) electrons. The van der Waals surface area contributed by atoms with Gasteiger partial charge in [-0.1, -0.05) is 0 Å². The van der Waals surface area contributed by atoms with Gasteiger partial charge in [0.15, 0.2) is 11.6 Å². The van der Waals surface area contributed by atoms with Crippen molar-refractivity contribution in [1.82, 2.24) is 9.55 Å². The fourth-order valence-electron chi connectivity index (χ4n) is 1.77. The molecule has 2 aromatic rings. The first-order valence-corrected chi connectivity index (χ1v) is 5.72. The summed E-state index contributed by atoms with van der Waals surface area (Å²) in [5, 5.41) is 11.5. The van der Waals surface area contributed by atoms with E-state index < -0.39 is 11.6 Å². The Morgan fingerprint density at radius 1 is 1.42 bits per heavy atom. The molecule has 0 aliphatic carbocycles. The summed E-state index contributed by atoms with van der Waals surface area (Å²) in [6, 6.07) is 4.10. The quantitative estimate of drug-likeness (QED) is 0.921. The maximum atomic E-state index is 13.7. The highest BCUT2D eigenvalue weighted by Gasteiger charge is 2.14. The van der Waals surface area contributed by atoms with E-state index in [1.807, 2.05) is 11.5 Å². The van der Waals surface area contributed by atoms with Gasteiger partial charge in [0.2, 0.25) is 0 Å². The molecule has 0 bridgehead atoms. The lowest BCUT2D eigenvalue weighted by molar-refractivity contribution is 0.506. The zero-order chi connectivity index (χ0) is 13.8. The van der Waals surface area contributed by atoms with Crippen molar-refractivity contribution in [2.45, 2.75) is 19.5 Å². The van der Waals surface area contributed by atoms with Crippen LogP contribution < -0.4 is 5.32 Å². The molecule has 19 heavy (non-hydrogen) atoms. The van der Waals surface area contributed by atoms with Gasteiger partial charge in [-0.05, 0) is 19.1 Å². The lowest BCUT2D eigenvalue weighted by atomic mass is 10.2. The van der Waals surface area contributed by atoms with E-state index in [1.54, 1.807) is 24.8 Å². The summed E-state index contributed by atoms with van der Waals surface area (Å²) < 4.78 is 28.9. The number of hydrogen-bond donors (Lipinski definition) is 1. The van der Waals surface area contributed by atoms with Crippen LogP contribution in [0.15, 0.2) is 30.9 Å². The maximum Gasteiger partial charge on any atom is 0.183 e. The van der Waals surface area contributed by atoms with Crippen molar-refractivity contribution in [3.8, 4) is 6.07 Å². The largest absolute Gasteiger partial charge is 0.378 e. The lowest BCUT2D eigenvalue weighted by Crippen LogP contribution is -2.22. The smallest absolute Gasteiger partial charge is 0.183 e. The van der Waals surface area contributed by atoms with Crippen LogP contribution in [0, 0.1) is 23.0 Å². The number of nitriles is 1. The SMILES string of the molecule is CC(Cn1ccnc1)Nc1ccc(C#N)c(F)c1F. The van der Waals surface area contributed by atoms with Crippen molar-refractivity contribution in [3.05, 3.63) is 48.1 Å². The minimum atomic E-state index is -1.12. The number of anilines is 1. The molecule has 2 rings (SSSR count). The predicted molar refractivity (Wildman–Crippen MR) is 66.4 cm³/mol. The van der Waals surface area contributed by atoms with E-state index in [4.69, 9.17) is 5.26 Å². The number of imidazole rings is 1. The molecule has 0 spiro atoms. The van der Waals surface area contributed by atoms with Gasteiger partial charge in [0.25, 0.3) is 0 Å². The second kappa shape index (κ2) is 5.48. The van der Waals surface area contributed by atoms with Gasteiger partial charge >= 0.3 is 0 Å². The Balaban J connectivity index is 2.11. The van der Waals surface area contributed by atoms with Gasteiger partial charge in [-0.25, -0.2) is 13.8 Å².